The first-order chi connectivity index (χ1) is 10.6. The molecule has 3 aromatic rings. The van der Waals surface area contributed by atoms with E-state index in [9.17, 15) is 4.79 Å². The van der Waals surface area contributed by atoms with Gasteiger partial charge in [-0.05, 0) is 35.9 Å². The second-order valence-electron chi connectivity index (χ2n) is 4.49. The van der Waals surface area contributed by atoms with Crippen molar-refractivity contribution in [3.8, 4) is 0 Å². The number of fused-ring (bicyclic) bond motifs is 1. The van der Waals surface area contributed by atoms with Gasteiger partial charge in [-0.3, -0.25) is 4.79 Å². The van der Waals surface area contributed by atoms with Gasteiger partial charge in [0.1, 0.15) is 0 Å². The van der Waals surface area contributed by atoms with E-state index in [-0.39, 0.29) is 5.91 Å². The average Bonchev–Trinajstić information content (AvgIpc) is 2.88. The molecule has 0 fully saturated rings. The van der Waals surface area contributed by atoms with Gasteiger partial charge in [-0.15, -0.1) is 0 Å². The molecule has 0 aliphatic carbocycles. The van der Waals surface area contributed by atoms with Crippen molar-refractivity contribution in [1.29, 1.82) is 0 Å². The third-order valence-electron chi connectivity index (χ3n) is 2.92. The van der Waals surface area contributed by atoms with Crippen LogP contribution in [0.15, 0.2) is 52.0 Å². The summed E-state index contributed by atoms with van der Waals surface area (Å²) >= 11 is 4.71. The third-order valence-corrected chi connectivity index (χ3v) is 4.29. The molecule has 1 aromatic heterocycles. The summed E-state index contributed by atoms with van der Waals surface area (Å²) in [4.78, 5) is 16.2. The number of rotatable bonds is 3. The summed E-state index contributed by atoms with van der Waals surface area (Å²) in [7, 11) is 0. The Morgan fingerprint density at radius 1 is 1.27 bits per heavy atom. The lowest BCUT2D eigenvalue weighted by Crippen LogP contribution is -2.17. The Labute approximate surface area is 139 Å². The Morgan fingerprint density at radius 3 is 2.82 bits per heavy atom. The molecule has 1 amide bonds. The van der Waals surface area contributed by atoms with Crippen LogP contribution in [0, 0.1) is 0 Å². The largest absolute Gasteiger partial charge is 0.375 e. The molecule has 0 atom stereocenters. The van der Waals surface area contributed by atoms with E-state index in [2.05, 4.69) is 31.4 Å². The highest BCUT2D eigenvalue weighted by atomic mass is 79.9. The zero-order chi connectivity index (χ0) is 15.5. The van der Waals surface area contributed by atoms with Crippen LogP contribution in [-0.2, 0) is 0 Å². The summed E-state index contributed by atoms with van der Waals surface area (Å²) in [6.45, 7) is 0. The maximum absolute atomic E-state index is 12.1. The average molecular weight is 375 g/mol. The number of nitrogens with one attached hydrogen (secondary N) is 1. The molecule has 3 N–H and O–H groups in total. The van der Waals surface area contributed by atoms with E-state index in [0.717, 1.165) is 20.3 Å². The monoisotopic (exact) mass is 374 g/mol. The van der Waals surface area contributed by atoms with Gasteiger partial charge in [-0.1, -0.05) is 39.4 Å². The molecule has 1 heterocycles. The predicted octanol–water partition coefficient (Wildman–Crippen LogP) is 3.40. The fourth-order valence-corrected chi connectivity index (χ4v) is 2.90. The van der Waals surface area contributed by atoms with Crippen LogP contribution in [0.25, 0.3) is 10.2 Å². The molecule has 0 aliphatic rings. The quantitative estimate of drug-likeness (QED) is 0.544. The van der Waals surface area contributed by atoms with E-state index < -0.39 is 0 Å². The van der Waals surface area contributed by atoms with Gasteiger partial charge in [0.15, 0.2) is 5.13 Å². The number of nitrogens with two attached hydrogens (primary N) is 1. The second-order valence-corrected chi connectivity index (χ2v) is 6.46. The molecule has 3 rings (SSSR count). The summed E-state index contributed by atoms with van der Waals surface area (Å²) in [6.07, 6.45) is 1.59. The second kappa shape index (κ2) is 6.25. The van der Waals surface area contributed by atoms with Crippen molar-refractivity contribution in [3.05, 3.63) is 58.1 Å². The van der Waals surface area contributed by atoms with Crippen molar-refractivity contribution in [2.45, 2.75) is 0 Å². The number of anilines is 1. The van der Waals surface area contributed by atoms with Gasteiger partial charge < -0.3 is 5.73 Å². The predicted molar refractivity (Wildman–Crippen MR) is 93.2 cm³/mol. The lowest BCUT2D eigenvalue weighted by Gasteiger charge is -1.99. The zero-order valence-corrected chi connectivity index (χ0v) is 13.7. The highest BCUT2D eigenvalue weighted by Crippen LogP contribution is 2.24. The number of thiazole rings is 1. The Kier molecular flexibility index (Phi) is 4.17. The molecule has 7 heteroatoms. The molecule has 22 heavy (non-hydrogen) atoms. The van der Waals surface area contributed by atoms with E-state index in [1.165, 1.54) is 11.3 Å². The lowest BCUT2D eigenvalue weighted by atomic mass is 10.2. The number of amides is 1. The van der Waals surface area contributed by atoms with Gasteiger partial charge in [0.2, 0.25) is 0 Å². The minimum absolute atomic E-state index is 0.276. The topological polar surface area (TPSA) is 80.4 Å². The van der Waals surface area contributed by atoms with Gasteiger partial charge in [-0.2, -0.15) is 5.10 Å². The molecule has 0 bridgehead atoms. The lowest BCUT2D eigenvalue weighted by molar-refractivity contribution is 0.0955. The summed E-state index contributed by atoms with van der Waals surface area (Å²) in [5.41, 5.74) is 10.4. The minimum atomic E-state index is -0.276. The standard InChI is InChI=1S/C15H11BrN4OS/c16-11-4-1-9(2-5-11)8-18-20-14(21)10-3-6-12-13(7-10)22-15(17)19-12/h1-8H,(H2,17,19)(H,20,21)/b18-8-. The van der Waals surface area contributed by atoms with Gasteiger partial charge in [0.05, 0.1) is 16.4 Å². The Hall–Kier alpha value is -2.25. The van der Waals surface area contributed by atoms with Crippen LogP contribution in [0.2, 0.25) is 0 Å². The van der Waals surface area contributed by atoms with Crippen molar-refractivity contribution in [2.75, 3.05) is 5.73 Å². The highest BCUT2D eigenvalue weighted by Gasteiger charge is 2.07. The van der Waals surface area contributed by atoms with E-state index >= 15 is 0 Å². The molecule has 0 saturated carbocycles. The normalized spacial score (nSPS) is 11.1. The number of hydrogen-bond acceptors (Lipinski definition) is 5. The smallest absolute Gasteiger partial charge is 0.271 e. The first-order valence-electron chi connectivity index (χ1n) is 6.37. The maximum Gasteiger partial charge on any atom is 0.271 e. The van der Waals surface area contributed by atoms with Crippen molar-refractivity contribution in [1.82, 2.24) is 10.4 Å². The molecular formula is C15H11BrN4OS. The first-order valence-corrected chi connectivity index (χ1v) is 7.98. The molecule has 2 aromatic carbocycles. The van der Waals surface area contributed by atoms with Gasteiger partial charge >= 0.3 is 0 Å². The number of carbonyl (C=O) groups is 1. The number of benzene rings is 2. The molecule has 0 spiro atoms. The van der Waals surface area contributed by atoms with E-state index in [1.807, 2.05) is 24.3 Å². The Bertz CT molecular complexity index is 858. The van der Waals surface area contributed by atoms with E-state index in [0.29, 0.717) is 10.7 Å². The summed E-state index contributed by atoms with van der Waals surface area (Å²) < 4.78 is 1.87. The van der Waals surface area contributed by atoms with Crippen LogP contribution in [0.1, 0.15) is 15.9 Å². The van der Waals surface area contributed by atoms with Crippen LogP contribution in [0.3, 0.4) is 0 Å². The van der Waals surface area contributed by atoms with Crippen LogP contribution in [-0.4, -0.2) is 17.1 Å². The first kappa shape index (κ1) is 14.7. The van der Waals surface area contributed by atoms with E-state index in [1.54, 1.807) is 24.4 Å². The molecule has 0 saturated heterocycles. The van der Waals surface area contributed by atoms with Gasteiger partial charge in [0, 0.05) is 10.0 Å². The molecule has 0 radical (unpaired) electrons. The molecule has 0 unspecified atom stereocenters. The number of halogens is 1. The van der Waals surface area contributed by atoms with Crippen molar-refractivity contribution >= 4 is 54.7 Å². The van der Waals surface area contributed by atoms with Crippen molar-refractivity contribution in [3.63, 3.8) is 0 Å². The van der Waals surface area contributed by atoms with Crippen LogP contribution in [0.5, 0.6) is 0 Å². The SMILES string of the molecule is Nc1nc2ccc(C(=O)N/N=C\c3ccc(Br)cc3)cc2s1. The van der Waals surface area contributed by atoms with Gasteiger partial charge in [0.25, 0.3) is 5.91 Å². The zero-order valence-electron chi connectivity index (χ0n) is 11.3. The molecule has 110 valence electrons. The third kappa shape index (κ3) is 3.32. The van der Waals surface area contributed by atoms with Crippen LogP contribution in [0.4, 0.5) is 5.13 Å². The minimum Gasteiger partial charge on any atom is -0.375 e. The van der Waals surface area contributed by atoms with Gasteiger partial charge in [-0.25, -0.2) is 10.4 Å². The summed E-state index contributed by atoms with van der Waals surface area (Å²) in [6, 6.07) is 12.8. The fraction of sp³-hybridized carbons (Fsp3) is 0. The molecular weight excluding hydrogens is 364 g/mol. The Balaban J connectivity index is 1.71. The number of nitrogen functional groups attached to an aromatic ring is 1. The number of hydrogen-bond donors (Lipinski definition) is 2. The maximum atomic E-state index is 12.1. The Morgan fingerprint density at radius 2 is 2.05 bits per heavy atom. The summed E-state index contributed by atoms with van der Waals surface area (Å²) in [5.74, 6) is -0.276. The van der Waals surface area contributed by atoms with Crippen LogP contribution >= 0.6 is 27.3 Å². The van der Waals surface area contributed by atoms with Crippen molar-refractivity contribution in [2.24, 2.45) is 5.10 Å². The van der Waals surface area contributed by atoms with Crippen molar-refractivity contribution < 1.29 is 4.79 Å². The number of hydrazone groups is 1. The highest BCUT2D eigenvalue weighted by molar-refractivity contribution is 9.10. The molecule has 0 aliphatic heterocycles. The number of aromatic nitrogens is 1. The van der Waals surface area contributed by atoms with Crippen LogP contribution < -0.4 is 11.2 Å². The number of nitrogens with zero attached hydrogens (tertiary/aromatic N) is 2. The molecule has 5 nitrogen and oxygen atoms in total. The fourth-order valence-electron chi connectivity index (χ4n) is 1.86. The summed E-state index contributed by atoms with van der Waals surface area (Å²) in [5, 5.41) is 4.44. The number of carbonyl (C=O) groups excluding carboxylic acids is 1. The van der Waals surface area contributed by atoms with E-state index in [4.69, 9.17) is 5.73 Å².